The highest BCUT2D eigenvalue weighted by molar-refractivity contribution is 5.88. The second kappa shape index (κ2) is 5.01. The molecule has 1 amide bonds. The number of nitrogens with zero attached hydrogens (tertiary/aromatic N) is 1. The van der Waals surface area contributed by atoms with E-state index in [0.29, 0.717) is 11.0 Å². The number of terminal acetylenes is 1. The molecule has 116 valence electrons. The maximum Gasteiger partial charge on any atom is 0.367 e. The second-order valence-corrected chi connectivity index (χ2v) is 4.74. The van der Waals surface area contributed by atoms with E-state index in [2.05, 4.69) is 0 Å². The molecule has 0 spiro atoms. The third-order valence-electron chi connectivity index (χ3n) is 3.47. The van der Waals surface area contributed by atoms with E-state index in [9.17, 15) is 28.9 Å². The average molecular weight is 305 g/mol. The third kappa shape index (κ3) is 2.12. The molecular formula is C12H13F2NO6. The van der Waals surface area contributed by atoms with Crippen LogP contribution in [0.25, 0.3) is 0 Å². The fraction of sp³-hybridized carbons (Fsp3) is 0.583. The van der Waals surface area contributed by atoms with Crippen molar-refractivity contribution in [3.8, 4) is 12.3 Å². The number of amides is 1. The van der Waals surface area contributed by atoms with Gasteiger partial charge in [-0.25, -0.2) is 0 Å². The van der Waals surface area contributed by atoms with Crippen LogP contribution in [0.4, 0.5) is 8.78 Å². The third-order valence-corrected chi connectivity index (χ3v) is 3.47. The molecule has 0 aliphatic carbocycles. The molecule has 2 aliphatic rings. The Morgan fingerprint density at radius 3 is 2.52 bits per heavy atom. The summed E-state index contributed by atoms with van der Waals surface area (Å²) < 4.78 is 32.7. The Bertz CT molecular complexity index is 518. The summed E-state index contributed by atoms with van der Waals surface area (Å²) in [5.41, 5.74) is -3.08. The number of carbonyl (C=O) groups excluding carboxylic acids is 1. The van der Waals surface area contributed by atoms with E-state index in [-0.39, 0.29) is 0 Å². The molecule has 0 aromatic rings. The van der Waals surface area contributed by atoms with Crippen molar-refractivity contribution in [2.24, 2.45) is 0 Å². The maximum atomic E-state index is 13.9. The Morgan fingerprint density at radius 1 is 1.43 bits per heavy atom. The molecule has 0 bridgehead atoms. The van der Waals surface area contributed by atoms with Crippen LogP contribution < -0.4 is 0 Å². The smallest absolute Gasteiger partial charge is 0.367 e. The highest BCUT2D eigenvalue weighted by atomic mass is 19.3. The van der Waals surface area contributed by atoms with Crippen LogP contribution in [0.1, 0.15) is 0 Å². The van der Waals surface area contributed by atoms with E-state index in [1.807, 2.05) is 0 Å². The Balaban J connectivity index is 2.34. The zero-order valence-electron chi connectivity index (χ0n) is 10.6. The molecule has 7 nitrogen and oxygen atoms in total. The molecule has 0 saturated carbocycles. The predicted molar refractivity (Wildman–Crippen MR) is 62.5 cm³/mol. The Labute approximate surface area is 118 Å². The molecule has 1 unspecified atom stereocenters. The minimum atomic E-state index is -4.33. The van der Waals surface area contributed by atoms with Gasteiger partial charge in [-0.15, -0.1) is 6.42 Å². The minimum absolute atomic E-state index is 0.329. The van der Waals surface area contributed by atoms with E-state index in [4.69, 9.17) is 16.3 Å². The zero-order chi connectivity index (χ0) is 16.0. The van der Waals surface area contributed by atoms with E-state index in [1.54, 1.807) is 0 Å². The molecule has 1 saturated heterocycles. The molecule has 5 atom stereocenters. The first-order chi connectivity index (χ1) is 9.69. The molecule has 0 aromatic carbocycles. The summed E-state index contributed by atoms with van der Waals surface area (Å²) in [6.07, 6.45) is -0.0380. The van der Waals surface area contributed by atoms with Crippen molar-refractivity contribution < 1.29 is 38.7 Å². The van der Waals surface area contributed by atoms with Gasteiger partial charge in [0.05, 0.1) is 6.61 Å². The largest absolute Gasteiger partial charge is 0.394 e. The van der Waals surface area contributed by atoms with Gasteiger partial charge in [0.15, 0.2) is 6.23 Å². The van der Waals surface area contributed by atoms with Crippen molar-refractivity contribution >= 4 is 5.91 Å². The van der Waals surface area contributed by atoms with Crippen LogP contribution in [0.5, 0.6) is 0 Å². The summed E-state index contributed by atoms with van der Waals surface area (Å²) in [6, 6.07) is 0. The molecule has 4 N–H and O–H groups in total. The Hall–Kier alpha value is -1.57. The average Bonchev–Trinajstić information content (AvgIpc) is 2.73. The SMILES string of the molecule is C#CC1(O)C=CN([C@@H]2O[C@H](CO)[C@@H](O)[C@H]2O)C(=O)C1(F)F. The number of ether oxygens (including phenoxy) is 1. The predicted octanol–water partition coefficient (Wildman–Crippen LogP) is -2.22. The summed E-state index contributed by atoms with van der Waals surface area (Å²) >= 11 is 0. The summed E-state index contributed by atoms with van der Waals surface area (Å²) in [6.45, 7) is -0.675. The normalized spacial score (nSPS) is 42.1. The van der Waals surface area contributed by atoms with Gasteiger partial charge in [-0.1, -0.05) is 5.92 Å². The summed E-state index contributed by atoms with van der Waals surface area (Å²) in [5.74, 6) is -4.79. The topological polar surface area (TPSA) is 110 Å². The standard InChI is InChI=1S/C12H13F2NO6/c1-2-11(20)3-4-15(10(19)12(11,13)14)9-8(18)7(17)6(5-16)21-9/h1,3-4,6-9,16-18,20H,5H2/t6-,7-,8-,9-,11?/m1/s1. The first kappa shape index (κ1) is 15.8. The van der Waals surface area contributed by atoms with Crippen molar-refractivity contribution in [2.45, 2.75) is 36.1 Å². The van der Waals surface area contributed by atoms with Crippen molar-refractivity contribution in [1.29, 1.82) is 0 Å². The molecule has 0 radical (unpaired) electrons. The lowest BCUT2D eigenvalue weighted by atomic mass is 9.92. The highest BCUT2D eigenvalue weighted by Gasteiger charge is 2.62. The van der Waals surface area contributed by atoms with Crippen LogP contribution in [-0.2, 0) is 9.53 Å². The first-order valence-electron chi connectivity index (χ1n) is 5.92. The van der Waals surface area contributed by atoms with Crippen molar-refractivity contribution in [1.82, 2.24) is 4.90 Å². The number of halogens is 2. The molecule has 9 heteroatoms. The molecule has 2 aliphatic heterocycles. The van der Waals surface area contributed by atoms with Gasteiger partial charge in [0.2, 0.25) is 5.60 Å². The Kier molecular flexibility index (Phi) is 3.77. The van der Waals surface area contributed by atoms with Crippen LogP contribution in [0.2, 0.25) is 0 Å². The van der Waals surface area contributed by atoms with Crippen LogP contribution >= 0.6 is 0 Å². The van der Waals surface area contributed by atoms with Gasteiger partial charge in [0.1, 0.15) is 18.3 Å². The lowest BCUT2D eigenvalue weighted by Gasteiger charge is -2.38. The van der Waals surface area contributed by atoms with Gasteiger partial charge in [0, 0.05) is 6.20 Å². The number of aliphatic hydroxyl groups is 4. The minimum Gasteiger partial charge on any atom is -0.394 e. The maximum absolute atomic E-state index is 13.9. The first-order valence-corrected chi connectivity index (χ1v) is 5.92. The number of rotatable bonds is 2. The van der Waals surface area contributed by atoms with Crippen LogP contribution in [0.15, 0.2) is 12.3 Å². The number of carbonyl (C=O) groups is 1. The lowest BCUT2D eigenvalue weighted by molar-refractivity contribution is -0.194. The molecule has 2 rings (SSSR count). The van der Waals surface area contributed by atoms with Gasteiger partial charge < -0.3 is 25.2 Å². The van der Waals surface area contributed by atoms with E-state index in [0.717, 1.165) is 6.20 Å². The molecule has 0 aromatic heterocycles. The van der Waals surface area contributed by atoms with Gasteiger partial charge in [-0.2, -0.15) is 8.78 Å². The van der Waals surface area contributed by atoms with Gasteiger partial charge >= 0.3 is 11.8 Å². The van der Waals surface area contributed by atoms with Gasteiger partial charge in [0.25, 0.3) is 0 Å². The van der Waals surface area contributed by atoms with Crippen molar-refractivity contribution in [3.63, 3.8) is 0 Å². The van der Waals surface area contributed by atoms with Crippen LogP contribution in [0.3, 0.4) is 0 Å². The Morgan fingerprint density at radius 2 is 2.05 bits per heavy atom. The number of aliphatic hydroxyl groups excluding tert-OH is 3. The van der Waals surface area contributed by atoms with E-state index < -0.39 is 48.6 Å². The van der Waals surface area contributed by atoms with Gasteiger partial charge in [-0.3, -0.25) is 9.69 Å². The molecule has 2 heterocycles. The lowest BCUT2D eigenvalue weighted by Crippen LogP contribution is -2.61. The summed E-state index contributed by atoms with van der Waals surface area (Å²) in [4.78, 5) is 12.1. The number of hydrogen-bond acceptors (Lipinski definition) is 6. The van der Waals surface area contributed by atoms with Crippen molar-refractivity contribution in [3.05, 3.63) is 12.3 Å². The van der Waals surface area contributed by atoms with Crippen molar-refractivity contribution in [2.75, 3.05) is 6.61 Å². The zero-order valence-corrected chi connectivity index (χ0v) is 10.6. The number of hydrogen-bond donors (Lipinski definition) is 4. The molecule has 21 heavy (non-hydrogen) atoms. The quantitative estimate of drug-likeness (QED) is 0.430. The monoisotopic (exact) mass is 305 g/mol. The summed E-state index contributed by atoms with van der Waals surface area (Å²) in [7, 11) is 0. The number of alkyl halides is 2. The van der Waals surface area contributed by atoms with Crippen LogP contribution in [-0.4, -0.2) is 73.9 Å². The fourth-order valence-corrected chi connectivity index (χ4v) is 2.13. The fourth-order valence-electron chi connectivity index (χ4n) is 2.13. The van der Waals surface area contributed by atoms with E-state index in [1.165, 1.54) is 5.92 Å². The molecular weight excluding hydrogens is 292 g/mol. The highest BCUT2D eigenvalue weighted by Crippen LogP contribution is 2.38. The second-order valence-electron chi connectivity index (χ2n) is 4.74. The van der Waals surface area contributed by atoms with Crippen LogP contribution in [0, 0.1) is 12.3 Å². The summed E-state index contributed by atoms with van der Waals surface area (Å²) in [5, 5.41) is 37.8. The van der Waals surface area contributed by atoms with Gasteiger partial charge in [-0.05, 0) is 6.08 Å². The molecule has 1 fully saturated rings. The van der Waals surface area contributed by atoms with E-state index >= 15 is 0 Å².